The molecule has 1 aliphatic heterocycles. The van der Waals surface area contributed by atoms with Crippen LogP contribution in [0.25, 0.3) is 11.0 Å². The third-order valence-corrected chi connectivity index (χ3v) is 5.64. The molecule has 1 fully saturated rings. The maximum absolute atomic E-state index is 12.6. The number of fused-ring (bicyclic) bond motifs is 1. The van der Waals surface area contributed by atoms with Crippen LogP contribution in [0.3, 0.4) is 0 Å². The summed E-state index contributed by atoms with van der Waals surface area (Å²) in [4.78, 5) is 27.7. The van der Waals surface area contributed by atoms with Crippen LogP contribution in [0.2, 0.25) is 0 Å². The number of nitrogens with one attached hydrogen (secondary N) is 1. The summed E-state index contributed by atoms with van der Waals surface area (Å²) in [7, 11) is 0. The molecule has 11 nitrogen and oxygen atoms in total. The molecule has 0 atom stereocenters. The SMILES string of the molecule is O=C(c1ccco1)N1CCN(c2cc(NCc3ccccc3)c([N+](=O)[O-])c3nonc23)CC1. The number of furan rings is 1. The lowest BCUT2D eigenvalue weighted by Crippen LogP contribution is -2.48. The van der Waals surface area contributed by atoms with Gasteiger partial charge in [0, 0.05) is 32.7 Å². The molecule has 1 aliphatic rings. The predicted molar refractivity (Wildman–Crippen MR) is 119 cm³/mol. The zero-order chi connectivity index (χ0) is 22.8. The lowest BCUT2D eigenvalue weighted by atomic mass is 10.1. The molecule has 5 rings (SSSR count). The minimum absolute atomic E-state index is 0.0853. The molecule has 11 heteroatoms. The Morgan fingerprint density at radius 1 is 1.06 bits per heavy atom. The van der Waals surface area contributed by atoms with Gasteiger partial charge in [-0.05, 0) is 34.1 Å². The van der Waals surface area contributed by atoms with Crippen molar-refractivity contribution in [3.63, 3.8) is 0 Å². The number of anilines is 2. The molecule has 3 heterocycles. The maximum atomic E-state index is 12.6. The van der Waals surface area contributed by atoms with Gasteiger partial charge in [0.05, 0.1) is 16.9 Å². The summed E-state index contributed by atoms with van der Waals surface area (Å²) in [5.74, 6) is 0.135. The summed E-state index contributed by atoms with van der Waals surface area (Å²) in [5, 5.41) is 22.8. The van der Waals surface area contributed by atoms with Crippen molar-refractivity contribution in [3.8, 4) is 0 Å². The van der Waals surface area contributed by atoms with E-state index in [4.69, 9.17) is 9.05 Å². The molecule has 0 bridgehead atoms. The van der Waals surface area contributed by atoms with Gasteiger partial charge in [-0.3, -0.25) is 14.9 Å². The minimum Gasteiger partial charge on any atom is -0.459 e. The zero-order valence-electron chi connectivity index (χ0n) is 17.5. The summed E-state index contributed by atoms with van der Waals surface area (Å²) in [5.41, 5.74) is 2.20. The zero-order valence-corrected chi connectivity index (χ0v) is 17.5. The summed E-state index contributed by atoms with van der Waals surface area (Å²) in [6.45, 7) is 2.38. The molecule has 0 saturated carbocycles. The molecule has 168 valence electrons. The Morgan fingerprint density at radius 2 is 1.82 bits per heavy atom. The number of nitrogens with zero attached hydrogens (tertiary/aromatic N) is 5. The molecule has 0 radical (unpaired) electrons. The Labute approximate surface area is 187 Å². The van der Waals surface area contributed by atoms with Gasteiger partial charge in [-0.15, -0.1) is 0 Å². The Hall–Kier alpha value is -4.41. The highest BCUT2D eigenvalue weighted by molar-refractivity contribution is 6.00. The van der Waals surface area contributed by atoms with Gasteiger partial charge in [0.2, 0.25) is 5.52 Å². The van der Waals surface area contributed by atoms with Crippen LogP contribution in [-0.2, 0) is 6.54 Å². The van der Waals surface area contributed by atoms with Crippen molar-refractivity contribution in [2.24, 2.45) is 0 Å². The fourth-order valence-corrected chi connectivity index (χ4v) is 3.97. The van der Waals surface area contributed by atoms with E-state index in [1.54, 1.807) is 23.1 Å². The average molecular weight is 448 g/mol. The summed E-state index contributed by atoms with van der Waals surface area (Å²) < 4.78 is 10.1. The molecule has 2 aromatic carbocycles. The van der Waals surface area contributed by atoms with Crippen LogP contribution in [-0.4, -0.2) is 52.2 Å². The second kappa shape index (κ2) is 8.61. The average Bonchev–Trinajstić information content (AvgIpc) is 3.55. The van der Waals surface area contributed by atoms with Crippen LogP contribution in [0.1, 0.15) is 16.1 Å². The van der Waals surface area contributed by atoms with Crippen molar-refractivity contribution in [3.05, 3.63) is 76.2 Å². The van der Waals surface area contributed by atoms with Crippen LogP contribution in [0.15, 0.2) is 63.8 Å². The molecule has 1 N–H and O–H groups in total. The predicted octanol–water partition coefficient (Wildman–Crippen LogP) is 3.30. The molecule has 1 saturated heterocycles. The topological polar surface area (TPSA) is 131 Å². The van der Waals surface area contributed by atoms with Crippen LogP contribution < -0.4 is 10.2 Å². The molecular weight excluding hydrogens is 428 g/mol. The van der Waals surface area contributed by atoms with E-state index in [0.717, 1.165) is 5.56 Å². The monoisotopic (exact) mass is 448 g/mol. The van der Waals surface area contributed by atoms with Crippen molar-refractivity contribution in [2.75, 3.05) is 36.4 Å². The Kier molecular flexibility index (Phi) is 5.35. The first-order valence-corrected chi connectivity index (χ1v) is 10.4. The number of nitro groups is 1. The second-order valence-corrected chi connectivity index (χ2v) is 7.61. The number of hydrogen-bond donors (Lipinski definition) is 1. The van der Waals surface area contributed by atoms with Gasteiger partial charge in [-0.25, -0.2) is 4.63 Å². The summed E-state index contributed by atoms with van der Waals surface area (Å²) in [6, 6.07) is 14.6. The fourth-order valence-electron chi connectivity index (χ4n) is 3.97. The standard InChI is InChI=1S/C22H20N6O5/c29-22(18-7-4-12-32-18)27-10-8-26(9-11-27)17-13-16(23-14-15-5-2-1-3-6-15)21(28(30)31)20-19(17)24-33-25-20/h1-7,12-13,23H,8-11,14H2. The maximum Gasteiger partial charge on any atom is 0.323 e. The molecule has 0 spiro atoms. The number of amides is 1. The van der Waals surface area contributed by atoms with E-state index in [9.17, 15) is 14.9 Å². The van der Waals surface area contributed by atoms with Crippen molar-refractivity contribution in [1.82, 2.24) is 15.2 Å². The first kappa shape index (κ1) is 20.5. The molecule has 0 unspecified atom stereocenters. The fraction of sp³-hybridized carbons (Fsp3) is 0.227. The van der Waals surface area contributed by atoms with E-state index in [1.165, 1.54) is 6.26 Å². The largest absolute Gasteiger partial charge is 0.459 e. The van der Waals surface area contributed by atoms with E-state index in [1.807, 2.05) is 35.2 Å². The number of nitro benzene ring substituents is 1. The number of hydrogen-bond acceptors (Lipinski definition) is 9. The Morgan fingerprint density at radius 3 is 2.52 bits per heavy atom. The van der Waals surface area contributed by atoms with E-state index in [2.05, 4.69) is 15.6 Å². The van der Waals surface area contributed by atoms with Crippen molar-refractivity contribution in [2.45, 2.75) is 6.54 Å². The number of carbonyl (C=O) groups excluding carboxylic acids is 1. The van der Waals surface area contributed by atoms with Gasteiger partial charge in [0.1, 0.15) is 5.69 Å². The number of rotatable bonds is 6. The summed E-state index contributed by atoms with van der Waals surface area (Å²) >= 11 is 0. The highest BCUT2D eigenvalue weighted by Crippen LogP contribution is 2.39. The Bertz CT molecular complexity index is 1280. The normalized spacial score (nSPS) is 13.9. The smallest absolute Gasteiger partial charge is 0.323 e. The van der Waals surface area contributed by atoms with E-state index in [-0.39, 0.29) is 17.1 Å². The van der Waals surface area contributed by atoms with E-state index in [0.29, 0.717) is 55.4 Å². The lowest BCUT2D eigenvalue weighted by molar-refractivity contribution is -0.382. The molecule has 1 amide bonds. The first-order chi connectivity index (χ1) is 16.1. The Balaban J connectivity index is 1.42. The molecule has 0 aliphatic carbocycles. The highest BCUT2D eigenvalue weighted by atomic mass is 16.6. The van der Waals surface area contributed by atoms with Gasteiger partial charge < -0.3 is 19.5 Å². The van der Waals surface area contributed by atoms with Gasteiger partial charge in [-0.1, -0.05) is 30.3 Å². The van der Waals surface area contributed by atoms with Crippen molar-refractivity contribution >= 4 is 34.0 Å². The number of benzene rings is 2. The quantitative estimate of drug-likeness (QED) is 0.349. The molecular formula is C22H20N6O5. The minimum atomic E-state index is -0.483. The first-order valence-electron chi connectivity index (χ1n) is 10.4. The molecule has 33 heavy (non-hydrogen) atoms. The van der Waals surface area contributed by atoms with Gasteiger partial charge in [0.15, 0.2) is 11.3 Å². The van der Waals surface area contributed by atoms with Gasteiger partial charge >= 0.3 is 5.69 Å². The number of carbonyl (C=O) groups is 1. The highest BCUT2D eigenvalue weighted by Gasteiger charge is 2.30. The second-order valence-electron chi connectivity index (χ2n) is 7.61. The van der Waals surface area contributed by atoms with Crippen LogP contribution >= 0.6 is 0 Å². The van der Waals surface area contributed by atoms with E-state index < -0.39 is 4.92 Å². The van der Waals surface area contributed by atoms with Gasteiger partial charge in [-0.2, -0.15) is 0 Å². The van der Waals surface area contributed by atoms with E-state index >= 15 is 0 Å². The van der Waals surface area contributed by atoms with Crippen LogP contribution in [0, 0.1) is 10.1 Å². The summed E-state index contributed by atoms with van der Waals surface area (Å²) in [6.07, 6.45) is 1.47. The third-order valence-electron chi connectivity index (χ3n) is 5.64. The number of aromatic nitrogens is 2. The van der Waals surface area contributed by atoms with Crippen molar-refractivity contribution < 1.29 is 18.8 Å². The number of piperazine rings is 1. The molecule has 2 aromatic heterocycles. The third kappa shape index (κ3) is 3.95. The van der Waals surface area contributed by atoms with Crippen molar-refractivity contribution in [1.29, 1.82) is 0 Å². The van der Waals surface area contributed by atoms with Crippen LogP contribution in [0.4, 0.5) is 17.1 Å². The molecule has 4 aromatic rings. The van der Waals surface area contributed by atoms with Gasteiger partial charge in [0.25, 0.3) is 5.91 Å². The van der Waals surface area contributed by atoms with Crippen LogP contribution in [0.5, 0.6) is 0 Å². The lowest BCUT2D eigenvalue weighted by Gasteiger charge is -2.35.